The van der Waals surface area contributed by atoms with E-state index in [-0.39, 0.29) is 12.5 Å². The van der Waals surface area contributed by atoms with Crippen LogP contribution in [0.2, 0.25) is 0 Å². The third-order valence-electron chi connectivity index (χ3n) is 5.93. The molecule has 6 heterocycles. The van der Waals surface area contributed by atoms with Crippen molar-refractivity contribution in [3.05, 3.63) is 73.4 Å². The Bertz CT molecular complexity index is 1740. The van der Waals surface area contributed by atoms with Gasteiger partial charge >= 0.3 is 0 Å². The molecule has 0 saturated heterocycles. The fourth-order valence-corrected chi connectivity index (χ4v) is 4.29. The van der Waals surface area contributed by atoms with Crippen LogP contribution >= 0.6 is 0 Å². The van der Waals surface area contributed by atoms with Crippen molar-refractivity contribution in [2.45, 2.75) is 0 Å². The number of hydrogen-bond acceptors (Lipinski definition) is 7. The van der Waals surface area contributed by atoms with Crippen molar-refractivity contribution in [2.24, 2.45) is 0 Å². The molecule has 6 aromatic rings. The van der Waals surface area contributed by atoms with Crippen LogP contribution in [0.1, 0.15) is 0 Å². The predicted octanol–water partition coefficient (Wildman–Crippen LogP) is 4.13. The molecule has 10 nitrogen and oxygen atoms in total. The number of aromatic amines is 2. The number of fused-ring (bicyclic) bond motifs is 2. The fraction of sp³-hybridized carbons (Fsp3) is 0.111. The smallest absolute Gasteiger partial charge is 0.238 e. The maximum Gasteiger partial charge on any atom is 0.238 e. The molecule has 0 aliphatic heterocycles. The summed E-state index contributed by atoms with van der Waals surface area (Å²) < 4.78 is 0. The summed E-state index contributed by atoms with van der Waals surface area (Å²) in [5.74, 6) is -0.108. The average Bonchev–Trinajstić information content (AvgIpc) is 3.52. The van der Waals surface area contributed by atoms with Gasteiger partial charge in [0.25, 0.3) is 0 Å². The summed E-state index contributed by atoms with van der Waals surface area (Å²) >= 11 is 0. The van der Waals surface area contributed by atoms with Gasteiger partial charge in [0, 0.05) is 35.1 Å². The molecule has 0 aliphatic carbocycles. The summed E-state index contributed by atoms with van der Waals surface area (Å²) in [5.41, 5.74) is 7.84. The van der Waals surface area contributed by atoms with Crippen LogP contribution in [0.15, 0.2) is 73.4 Å². The van der Waals surface area contributed by atoms with Crippen molar-refractivity contribution in [1.82, 2.24) is 40.0 Å². The second-order valence-corrected chi connectivity index (χ2v) is 8.96. The van der Waals surface area contributed by atoms with Gasteiger partial charge in [0.05, 0.1) is 52.7 Å². The molecule has 37 heavy (non-hydrogen) atoms. The number of rotatable bonds is 6. The second-order valence-electron chi connectivity index (χ2n) is 8.96. The van der Waals surface area contributed by atoms with Crippen LogP contribution in [0.5, 0.6) is 0 Å². The van der Waals surface area contributed by atoms with Crippen molar-refractivity contribution >= 4 is 33.5 Å². The van der Waals surface area contributed by atoms with Gasteiger partial charge in [-0.3, -0.25) is 24.8 Å². The minimum absolute atomic E-state index is 0.108. The van der Waals surface area contributed by atoms with Gasteiger partial charge < -0.3 is 15.2 Å². The summed E-state index contributed by atoms with van der Waals surface area (Å²) in [4.78, 5) is 35.5. The van der Waals surface area contributed by atoms with Crippen LogP contribution in [0.25, 0.3) is 55.8 Å². The van der Waals surface area contributed by atoms with Crippen LogP contribution in [0.3, 0.4) is 0 Å². The highest BCUT2D eigenvalue weighted by Crippen LogP contribution is 2.33. The highest BCUT2D eigenvalue weighted by molar-refractivity contribution is 5.99. The summed E-state index contributed by atoms with van der Waals surface area (Å²) in [7, 11) is 3.69. The first-order valence-corrected chi connectivity index (χ1v) is 11.7. The number of H-pyrrole nitrogens is 2. The quantitative estimate of drug-likeness (QED) is 0.321. The van der Waals surface area contributed by atoms with Gasteiger partial charge in [0.2, 0.25) is 5.91 Å². The van der Waals surface area contributed by atoms with E-state index in [1.54, 1.807) is 24.8 Å². The molecule has 0 aromatic carbocycles. The zero-order chi connectivity index (χ0) is 25.4. The Labute approximate surface area is 211 Å². The summed E-state index contributed by atoms with van der Waals surface area (Å²) in [6, 6.07) is 13.6. The summed E-state index contributed by atoms with van der Waals surface area (Å²) in [5, 5.41) is 11.5. The average molecular weight is 490 g/mol. The van der Waals surface area contributed by atoms with E-state index in [9.17, 15) is 4.79 Å². The second kappa shape index (κ2) is 9.25. The number of carbonyl (C=O) groups excluding carboxylic acids is 1. The Balaban J connectivity index is 1.38. The van der Waals surface area contributed by atoms with Crippen LogP contribution in [0.4, 0.5) is 5.69 Å². The Morgan fingerprint density at radius 2 is 1.86 bits per heavy atom. The van der Waals surface area contributed by atoms with E-state index < -0.39 is 0 Å². The maximum atomic E-state index is 12.2. The molecule has 0 atom stereocenters. The van der Waals surface area contributed by atoms with E-state index in [1.807, 2.05) is 67.7 Å². The molecule has 0 unspecified atom stereocenters. The minimum atomic E-state index is -0.108. The van der Waals surface area contributed by atoms with Gasteiger partial charge in [-0.05, 0) is 50.5 Å². The molecule has 10 heteroatoms. The van der Waals surface area contributed by atoms with Gasteiger partial charge in [-0.1, -0.05) is 6.07 Å². The number of aromatic nitrogens is 7. The first-order chi connectivity index (χ1) is 18.0. The van der Waals surface area contributed by atoms with Gasteiger partial charge in [-0.15, -0.1) is 0 Å². The van der Waals surface area contributed by atoms with E-state index in [4.69, 9.17) is 4.98 Å². The van der Waals surface area contributed by atoms with E-state index in [1.165, 1.54) is 0 Å². The number of carbonyl (C=O) groups is 1. The zero-order valence-corrected chi connectivity index (χ0v) is 20.2. The van der Waals surface area contributed by atoms with E-state index in [0.717, 1.165) is 50.1 Å². The van der Waals surface area contributed by atoms with Crippen molar-refractivity contribution in [2.75, 3.05) is 26.0 Å². The van der Waals surface area contributed by atoms with E-state index in [2.05, 4.69) is 35.5 Å². The molecule has 0 bridgehead atoms. The fourth-order valence-electron chi connectivity index (χ4n) is 4.29. The summed E-state index contributed by atoms with van der Waals surface area (Å²) in [6.45, 7) is 0.287. The Hall–Kier alpha value is -4.96. The van der Waals surface area contributed by atoms with E-state index >= 15 is 0 Å². The number of pyridine rings is 4. The van der Waals surface area contributed by atoms with Gasteiger partial charge in [0.1, 0.15) is 11.2 Å². The molecule has 182 valence electrons. The molecule has 0 spiro atoms. The van der Waals surface area contributed by atoms with E-state index in [0.29, 0.717) is 11.4 Å². The Morgan fingerprint density at radius 3 is 2.70 bits per heavy atom. The zero-order valence-electron chi connectivity index (χ0n) is 20.2. The third kappa shape index (κ3) is 4.41. The molecule has 0 saturated carbocycles. The lowest BCUT2D eigenvalue weighted by molar-refractivity contribution is -0.116. The molecule has 0 fully saturated rings. The molecule has 6 aromatic heterocycles. The molecule has 6 rings (SSSR count). The van der Waals surface area contributed by atoms with Crippen molar-refractivity contribution in [3.63, 3.8) is 0 Å². The molecule has 3 N–H and O–H groups in total. The van der Waals surface area contributed by atoms with Gasteiger partial charge in [-0.2, -0.15) is 5.10 Å². The molecule has 0 aliphatic rings. The predicted molar refractivity (Wildman–Crippen MR) is 143 cm³/mol. The molecular weight excluding hydrogens is 466 g/mol. The highest BCUT2D eigenvalue weighted by atomic mass is 16.2. The largest absolute Gasteiger partial charge is 0.352 e. The van der Waals surface area contributed by atoms with Crippen molar-refractivity contribution in [3.8, 4) is 33.9 Å². The Morgan fingerprint density at radius 1 is 0.973 bits per heavy atom. The lowest BCUT2D eigenvalue weighted by Crippen LogP contribution is -2.27. The number of hydrogen-bond donors (Lipinski definition) is 3. The van der Waals surface area contributed by atoms with Crippen LogP contribution in [0, 0.1) is 0 Å². The van der Waals surface area contributed by atoms with Crippen LogP contribution in [-0.4, -0.2) is 66.6 Å². The lowest BCUT2D eigenvalue weighted by Gasteiger charge is -2.10. The Kier molecular flexibility index (Phi) is 5.62. The number of nitrogens with zero attached hydrogens (tertiary/aromatic N) is 6. The standard InChI is InChI=1S/C27H23N9O/c1-36(2)15-25(37)31-17-9-16(11-28-12-17)20-6-7-22-26(33-20)27(35-34-22)23-10-18-19(13-29-14-24(18)32-23)21-5-3-4-8-30-21/h3-14,32H,15H2,1-2H3,(H,31,37)(H,34,35). The first kappa shape index (κ1) is 22.5. The number of amides is 1. The molecule has 0 radical (unpaired) electrons. The van der Waals surface area contributed by atoms with Gasteiger partial charge in [-0.25, -0.2) is 4.98 Å². The topological polar surface area (TPSA) is 128 Å². The maximum absolute atomic E-state index is 12.2. The normalized spacial score (nSPS) is 11.4. The third-order valence-corrected chi connectivity index (χ3v) is 5.93. The number of likely N-dealkylation sites (N-methyl/N-ethyl adjacent to an activating group) is 1. The number of anilines is 1. The lowest BCUT2D eigenvalue weighted by atomic mass is 10.1. The monoisotopic (exact) mass is 489 g/mol. The highest BCUT2D eigenvalue weighted by Gasteiger charge is 2.16. The molecular formula is C27H23N9O. The van der Waals surface area contributed by atoms with Gasteiger partial charge in [0.15, 0.2) is 0 Å². The molecule has 1 amide bonds. The summed E-state index contributed by atoms with van der Waals surface area (Å²) in [6.07, 6.45) is 8.73. The van der Waals surface area contributed by atoms with Crippen molar-refractivity contribution < 1.29 is 4.79 Å². The van der Waals surface area contributed by atoms with Crippen LogP contribution in [-0.2, 0) is 4.79 Å². The van der Waals surface area contributed by atoms with Crippen molar-refractivity contribution in [1.29, 1.82) is 0 Å². The SMILES string of the molecule is CN(C)CC(=O)Nc1cncc(-c2ccc3[nH]nc(-c4cc5c(-c6ccccn6)cncc5[nH]4)c3n2)c1. The first-order valence-electron chi connectivity index (χ1n) is 11.7. The van der Waals surface area contributed by atoms with Crippen LogP contribution < -0.4 is 5.32 Å². The number of nitrogens with one attached hydrogen (secondary N) is 3. The minimum Gasteiger partial charge on any atom is -0.352 e.